The van der Waals surface area contributed by atoms with E-state index in [-0.39, 0.29) is 28.5 Å². The molecule has 1 rings (SSSR count). The normalized spacial score (nSPS) is 12.7. The third-order valence-corrected chi connectivity index (χ3v) is 3.34. The molecule has 0 bridgehead atoms. The van der Waals surface area contributed by atoms with Gasteiger partial charge in [0.05, 0.1) is 5.56 Å². The molecule has 0 heterocycles. The smallest absolute Gasteiger partial charge is 0.261 e. The standard InChI is InChI=1S/C16H22FNO3/c1-6-16(4,5)18-15(20)11(3)21-14-8-7-12(17)9-13(14)10(2)19/h7-9,11H,6H2,1-5H3,(H,18,20). The zero-order valence-corrected chi connectivity index (χ0v) is 13.1. The van der Waals surface area contributed by atoms with Gasteiger partial charge in [-0.2, -0.15) is 0 Å². The topological polar surface area (TPSA) is 55.4 Å². The maximum absolute atomic E-state index is 13.2. The summed E-state index contributed by atoms with van der Waals surface area (Å²) in [6.45, 7) is 8.72. The second-order valence-electron chi connectivity index (χ2n) is 5.68. The molecule has 5 heteroatoms. The average molecular weight is 295 g/mol. The fourth-order valence-corrected chi connectivity index (χ4v) is 1.65. The first-order valence-corrected chi connectivity index (χ1v) is 6.95. The molecule has 4 nitrogen and oxygen atoms in total. The number of benzene rings is 1. The Kier molecular flexibility index (Phi) is 5.47. The number of halogens is 1. The number of rotatable bonds is 6. The fraction of sp³-hybridized carbons (Fsp3) is 0.500. The molecule has 1 atom stereocenters. The summed E-state index contributed by atoms with van der Waals surface area (Å²) in [6.07, 6.45) is 0.000130. The molecule has 0 saturated heterocycles. The molecule has 0 aliphatic carbocycles. The Balaban J connectivity index is 2.86. The van der Waals surface area contributed by atoms with Gasteiger partial charge in [0.2, 0.25) is 0 Å². The van der Waals surface area contributed by atoms with Crippen molar-refractivity contribution in [2.45, 2.75) is 52.7 Å². The number of ether oxygens (including phenoxy) is 1. The molecular formula is C16H22FNO3. The van der Waals surface area contributed by atoms with Gasteiger partial charge in [0, 0.05) is 5.54 Å². The largest absolute Gasteiger partial charge is 0.480 e. The van der Waals surface area contributed by atoms with E-state index in [0.29, 0.717) is 0 Å². The van der Waals surface area contributed by atoms with Crippen molar-refractivity contribution in [2.24, 2.45) is 0 Å². The maximum atomic E-state index is 13.2. The number of amides is 1. The zero-order valence-electron chi connectivity index (χ0n) is 13.1. The van der Waals surface area contributed by atoms with E-state index in [4.69, 9.17) is 4.74 Å². The van der Waals surface area contributed by atoms with E-state index in [2.05, 4.69) is 5.32 Å². The van der Waals surface area contributed by atoms with Gasteiger partial charge in [-0.1, -0.05) is 6.92 Å². The van der Waals surface area contributed by atoms with Crippen molar-refractivity contribution >= 4 is 11.7 Å². The number of hydrogen-bond donors (Lipinski definition) is 1. The summed E-state index contributed by atoms with van der Waals surface area (Å²) in [5.41, 5.74) is -0.203. The van der Waals surface area contributed by atoms with Crippen LogP contribution in [0.1, 0.15) is 51.4 Å². The summed E-state index contributed by atoms with van der Waals surface area (Å²) in [4.78, 5) is 23.6. The van der Waals surface area contributed by atoms with Crippen LogP contribution in [0.2, 0.25) is 0 Å². The zero-order chi connectivity index (χ0) is 16.2. The van der Waals surface area contributed by atoms with Gasteiger partial charge in [-0.15, -0.1) is 0 Å². The highest BCUT2D eigenvalue weighted by atomic mass is 19.1. The van der Waals surface area contributed by atoms with E-state index in [0.717, 1.165) is 12.5 Å². The first-order chi connectivity index (χ1) is 9.66. The highest BCUT2D eigenvalue weighted by molar-refractivity contribution is 5.97. The monoisotopic (exact) mass is 295 g/mol. The van der Waals surface area contributed by atoms with E-state index in [1.165, 1.54) is 19.1 Å². The summed E-state index contributed by atoms with van der Waals surface area (Å²) in [5.74, 6) is -0.899. The Morgan fingerprint density at radius 2 is 2.00 bits per heavy atom. The minimum atomic E-state index is -0.778. The minimum absolute atomic E-state index is 0.129. The molecule has 1 amide bonds. The van der Waals surface area contributed by atoms with Gasteiger partial charge in [-0.25, -0.2) is 4.39 Å². The van der Waals surface area contributed by atoms with Crippen LogP contribution < -0.4 is 10.1 Å². The second-order valence-corrected chi connectivity index (χ2v) is 5.68. The van der Waals surface area contributed by atoms with Crippen LogP contribution in [-0.4, -0.2) is 23.3 Å². The summed E-state index contributed by atoms with van der Waals surface area (Å²) in [5, 5.41) is 2.86. The highest BCUT2D eigenvalue weighted by Crippen LogP contribution is 2.22. The molecule has 116 valence electrons. The average Bonchev–Trinajstić information content (AvgIpc) is 2.40. The number of Topliss-reactive ketones (excluding diaryl/α,β-unsaturated/α-hetero) is 1. The number of hydrogen-bond acceptors (Lipinski definition) is 3. The van der Waals surface area contributed by atoms with Crippen LogP contribution in [-0.2, 0) is 4.79 Å². The molecule has 0 saturated carbocycles. The molecule has 1 aromatic carbocycles. The Labute approximate surface area is 124 Å². The quantitative estimate of drug-likeness (QED) is 0.820. The van der Waals surface area contributed by atoms with Crippen LogP contribution in [0, 0.1) is 5.82 Å². The third-order valence-electron chi connectivity index (χ3n) is 3.34. The van der Waals surface area contributed by atoms with Gasteiger partial charge in [0.25, 0.3) is 5.91 Å². The Hall–Kier alpha value is -1.91. The van der Waals surface area contributed by atoms with Gasteiger partial charge >= 0.3 is 0 Å². The second kappa shape index (κ2) is 6.70. The van der Waals surface area contributed by atoms with Crippen molar-refractivity contribution in [3.63, 3.8) is 0 Å². The van der Waals surface area contributed by atoms with Crippen molar-refractivity contribution in [2.75, 3.05) is 0 Å². The molecular weight excluding hydrogens is 273 g/mol. The van der Waals surface area contributed by atoms with Gasteiger partial charge in [0.15, 0.2) is 11.9 Å². The van der Waals surface area contributed by atoms with E-state index in [1.54, 1.807) is 6.92 Å². The summed E-state index contributed by atoms with van der Waals surface area (Å²) in [7, 11) is 0. The lowest BCUT2D eigenvalue weighted by atomic mass is 10.0. The molecule has 1 N–H and O–H groups in total. The van der Waals surface area contributed by atoms with Crippen molar-refractivity contribution < 1.29 is 18.7 Å². The summed E-state index contributed by atoms with van der Waals surface area (Å²) in [6, 6.07) is 3.67. The minimum Gasteiger partial charge on any atom is -0.480 e. The van der Waals surface area contributed by atoms with Crippen LogP contribution >= 0.6 is 0 Å². The molecule has 1 unspecified atom stereocenters. The van der Waals surface area contributed by atoms with E-state index < -0.39 is 11.9 Å². The van der Waals surface area contributed by atoms with Gasteiger partial charge < -0.3 is 10.1 Å². The van der Waals surface area contributed by atoms with E-state index >= 15 is 0 Å². The first kappa shape index (κ1) is 17.1. The number of carbonyl (C=O) groups is 2. The van der Waals surface area contributed by atoms with E-state index in [9.17, 15) is 14.0 Å². The molecule has 0 aliphatic rings. The molecule has 0 fully saturated rings. The van der Waals surface area contributed by atoms with E-state index in [1.807, 2.05) is 20.8 Å². The molecule has 0 spiro atoms. The molecule has 21 heavy (non-hydrogen) atoms. The first-order valence-electron chi connectivity index (χ1n) is 6.95. The lowest BCUT2D eigenvalue weighted by Crippen LogP contribution is -2.48. The van der Waals surface area contributed by atoms with Gasteiger partial charge in [-0.05, 0) is 52.3 Å². The lowest BCUT2D eigenvalue weighted by Gasteiger charge is -2.26. The van der Waals surface area contributed by atoms with Gasteiger partial charge in [-0.3, -0.25) is 9.59 Å². The molecule has 0 aromatic heterocycles. The number of carbonyl (C=O) groups excluding carboxylic acids is 2. The molecule has 0 aliphatic heterocycles. The Bertz CT molecular complexity index is 540. The third kappa shape index (κ3) is 4.85. The lowest BCUT2D eigenvalue weighted by molar-refractivity contribution is -0.129. The van der Waals surface area contributed by atoms with Crippen molar-refractivity contribution in [1.82, 2.24) is 5.32 Å². The van der Waals surface area contributed by atoms with Crippen LogP contribution in [0.4, 0.5) is 4.39 Å². The Morgan fingerprint density at radius 3 is 2.52 bits per heavy atom. The van der Waals surface area contributed by atoms with Crippen molar-refractivity contribution in [3.8, 4) is 5.75 Å². The molecule has 1 aromatic rings. The molecule has 0 radical (unpaired) electrons. The maximum Gasteiger partial charge on any atom is 0.261 e. The Morgan fingerprint density at radius 1 is 1.38 bits per heavy atom. The van der Waals surface area contributed by atoms with Gasteiger partial charge in [0.1, 0.15) is 11.6 Å². The predicted octanol–water partition coefficient (Wildman–Crippen LogP) is 3.10. The SMILES string of the molecule is CCC(C)(C)NC(=O)C(C)Oc1ccc(F)cc1C(C)=O. The highest BCUT2D eigenvalue weighted by Gasteiger charge is 2.24. The predicted molar refractivity (Wildman–Crippen MR) is 79.0 cm³/mol. The van der Waals surface area contributed by atoms with Crippen LogP contribution in [0.15, 0.2) is 18.2 Å². The number of nitrogens with one attached hydrogen (secondary N) is 1. The number of ketones is 1. The van der Waals surface area contributed by atoms with Crippen LogP contribution in [0.3, 0.4) is 0 Å². The van der Waals surface area contributed by atoms with Crippen molar-refractivity contribution in [3.05, 3.63) is 29.6 Å². The van der Waals surface area contributed by atoms with Crippen LogP contribution in [0.25, 0.3) is 0 Å². The summed E-state index contributed by atoms with van der Waals surface area (Å²) >= 11 is 0. The van der Waals surface area contributed by atoms with Crippen LogP contribution in [0.5, 0.6) is 5.75 Å². The fourth-order valence-electron chi connectivity index (χ4n) is 1.65. The van der Waals surface area contributed by atoms with Crippen molar-refractivity contribution in [1.29, 1.82) is 0 Å². The summed E-state index contributed by atoms with van der Waals surface area (Å²) < 4.78 is 18.7.